The van der Waals surface area contributed by atoms with Crippen molar-refractivity contribution in [3.63, 3.8) is 0 Å². The van der Waals surface area contributed by atoms with E-state index in [1.165, 1.54) is 0 Å². The fourth-order valence-corrected chi connectivity index (χ4v) is 3.27. The summed E-state index contributed by atoms with van der Waals surface area (Å²) in [5, 5.41) is 3.03. The number of amides is 1. The number of carbonyl (C=O) groups excluding carboxylic acids is 1. The summed E-state index contributed by atoms with van der Waals surface area (Å²) in [5.74, 6) is 0.593. The fraction of sp³-hybridized carbons (Fsp3) is 0.240. The van der Waals surface area contributed by atoms with Gasteiger partial charge in [-0.15, -0.1) is 0 Å². The van der Waals surface area contributed by atoms with Crippen LogP contribution in [0.15, 0.2) is 78.9 Å². The van der Waals surface area contributed by atoms with E-state index in [4.69, 9.17) is 9.47 Å². The molecular weight excluding hydrogens is 362 g/mol. The molecule has 0 radical (unpaired) electrons. The molecule has 1 amide bonds. The maximum absolute atomic E-state index is 12.9. The Labute approximate surface area is 172 Å². The molecule has 0 aliphatic carbocycles. The Morgan fingerprint density at radius 2 is 1.52 bits per heavy atom. The summed E-state index contributed by atoms with van der Waals surface area (Å²) in [7, 11) is 1.63. The molecular formula is C25H27NO3. The number of aryl methyl sites for hydroxylation is 1. The van der Waals surface area contributed by atoms with Crippen molar-refractivity contribution in [1.29, 1.82) is 0 Å². The van der Waals surface area contributed by atoms with Crippen molar-refractivity contribution in [2.24, 2.45) is 0 Å². The molecule has 3 rings (SSSR count). The number of nitrogens with one attached hydrogen (secondary N) is 1. The van der Waals surface area contributed by atoms with Gasteiger partial charge in [-0.1, -0.05) is 66.7 Å². The van der Waals surface area contributed by atoms with Gasteiger partial charge in [0.15, 0.2) is 0 Å². The van der Waals surface area contributed by atoms with Gasteiger partial charge in [-0.3, -0.25) is 4.79 Å². The number of methoxy groups -OCH3 is 1. The molecule has 150 valence electrons. The Balaban J connectivity index is 1.77. The van der Waals surface area contributed by atoms with Crippen LogP contribution in [0.5, 0.6) is 5.75 Å². The smallest absolute Gasteiger partial charge is 0.225 e. The van der Waals surface area contributed by atoms with Crippen LogP contribution >= 0.6 is 0 Å². The molecule has 0 unspecified atom stereocenters. The maximum Gasteiger partial charge on any atom is 0.225 e. The SMILES string of the molecule is COCCOc1cc(C)ccc1NC(=O)CC(c1ccccc1)c1ccccc1. The molecule has 3 aromatic carbocycles. The van der Waals surface area contributed by atoms with Gasteiger partial charge in [0, 0.05) is 19.4 Å². The van der Waals surface area contributed by atoms with Crippen molar-refractivity contribution in [3.05, 3.63) is 95.6 Å². The van der Waals surface area contributed by atoms with Crippen LogP contribution in [0, 0.1) is 6.92 Å². The molecule has 0 aromatic heterocycles. The molecule has 0 atom stereocenters. The van der Waals surface area contributed by atoms with E-state index in [0.29, 0.717) is 31.1 Å². The number of hydrogen-bond acceptors (Lipinski definition) is 3. The molecule has 4 heteroatoms. The highest BCUT2D eigenvalue weighted by Crippen LogP contribution is 2.30. The van der Waals surface area contributed by atoms with E-state index in [2.05, 4.69) is 29.6 Å². The largest absolute Gasteiger partial charge is 0.489 e. The van der Waals surface area contributed by atoms with Crippen LogP contribution in [-0.4, -0.2) is 26.2 Å². The van der Waals surface area contributed by atoms with E-state index in [1.54, 1.807) is 7.11 Å². The first-order valence-electron chi connectivity index (χ1n) is 9.79. The molecule has 1 N–H and O–H groups in total. The molecule has 3 aromatic rings. The van der Waals surface area contributed by atoms with Gasteiger partial charge < -0.3 is 14.8 Å². The first-order valence-corrected chi connectivity index (χ1v) is 9.79. The minimum absolute atomic E-state index is 0.0132. The van der Waals surface area contributed by atoms with E-state index >= 15 is 0 Å². The van der Waals surface area contributed by atoms with Crippen LogP contribution in [-0.2, 0) is 9.53 Å². The van der Waals surface area contributed by atoms with E-state index in [0.717, 1.165) is 16.7 Å². The van der Waals surface area contributed by atoms with Gasteiger partial charge >= 0.3 is 0 Å². The lowest BCUT2D eigenvalue weighted by Crippen LogP contribution is -2.17. The molecule has 0 saturated heterocycles. The third-order valence-corrected chi connectivity index (χ3v) is 4.75. The molecule has 0 aliphatic rings. The molecule has 4 nitrogen and oxygen atoms in total. The van der Waals surface area contributed by atoms with Crippen LogP contribution < -0.4 is 10.1 Å². The van der Waals surface area contributed by atoms with Crippen molar-refractivity contribution >= 4 is 11.6 Å². The average molecular weight is 389 g/mol. The highest BCUT2D eigenvalue weighted by Gasteiger charge is 2.19. The van der Waals surface area contributed by atoms with Gasteiger partial charge in [-0.2, -0.15) is 0 Å². The molecule has 0 bridgehead atoms. The predicted octanol–water partition coefficient (Wildman–Crippen LogP) is 5.18. The minimum atomic E-state index is -0.0526. The summed E-state index contributed by atoms with van der Waals surface area (Å²) in [6, 6.07) is 26.0. The van der Waals surface area contributed by atoms with Crippen LogP contribution in [0.4, 0.5) is 5.69 Å². The summed E-state index contributed by atoms with van der Waals surface area (Å²) in [5.41, 5.74) is 3.99. The zero-order valence-electron chi connectivity index (χ0n) is 16.9. The quantitative estimate of drug-likeness (QED) is 0.513. The zero-order valence-corrected chi connectivity index (χ0v) is 16.9. The van der Waals surface area contributed by atoms with Crippen molar-refractivity contribution < 1.29 is 14.3 Å². The van der Waals surface area contributed by atoms with Gasteiger partial charge in [0.2, 0.25) is 5.91 Å². The highest BCUT2D eigenvalue weighted by atomic mass is 16.5. The Kier molecular flexibility index (Phi) is 7.42. The molecule has 0 spiro atoms. The molecule has 0 fully saturated rings. The number of benzene rings is 3. The van der Waals surface area contributed by atoms with Gasteiger partial charge in [0.25, 0.3) is 0 Å². The molecule has 0 heterocycles. The van der Waals surface area contributed by atoms with E-state index in [-0.39, 0.29) is 11.8 Å². The van der Waals surface area contributed by atoms with Gasteiger partial charge in [0.05, 0.1) is 12.3 Å². The first kappa shape index (κ1) is 20.6. The lowest BCUT2D eigenvalue weighted by atomic mass is 9.88. The predicted molar refractivity (Wildman–Crippen MR) is 117 cm³/mol. The van der Waals surface area contributed by atoms with Crippen LogP contribution in [0.25, 0.3) is 0 Å². The summed E-state index contributed by atoms with van der Waals surface area (Å²) >= 11 is 0. The lowest BCUT2D eigenvalue weighted by molar-refractivity contribution is -0.116. The van der Waals surface area contributed by atoms with Crippen molar-refractivity contribution in [2.75, 3.05) is 25.6 Å². The Morgan fingerprint density at radius 1 is 0.897 bits per heavy atom. The van der Waals surface area contributed by atoms with Crippen molar-refractivity contribution in [1.82, 2.24) is 0 Å². The first-order chi connectivity index (χ1) is 14.2. The number of hydrogen-bond donors (Lipinski definition) is 1. The highest BCUT2D eigenvalue weighted by molar-refractivity contribution is 5.93. The molecule has 0 saturated carbocycles. The van der Waals surface area contributed by atoms with Gasteiger partial charge in [0.1, 0.15) is 12.4 Å². The standard InChI is InChI=1S/C25H27NO3/c1-19-13-14-23(24(17-19)29-16-15-28-2)26-25(27)18-22(20-9-5-3-6-10-20)21-11-7-4-8-12-21/h3-14,17,22H,15-16,18H2,1-2H3,(H,26,27). The maximum atomic E-state index is 12.9. The van der Waals surface area contributed by atoms with E-state index in [1.807, 2.05) is 61.5 Å². The number of rotatable bonds is 9. The third kappa shape index (κ3) is 5.93. The van der Waals surface area contributed by atoms with E-state index < -0.39 is 0 Å². The van der Waals surface area contributed by atoms with Crippen molar-refractivity contribution in [3.8, 4) is 5.75 Å². The second-order valence-corrected chi connectivity index (χ2v) is 6.97. The van der Waals surface area contributed by atoms with Crippen LogP contribution in [0.3, 0.4) is 0 Å². The average Bonchev–Trinajstić information content (AvgIpc) is 2.75. The minimum Gasteiger partial charge on any atom is -0.489 e. The fourth-order valence-electron chi connectivity index (χ4n) is 3.27. The number of anilines is 1. The monoisotopic (exact) mass is 389 g/mol. The molecule has 29 heavy (non-hydrogen) atoms. The molecule has 0 aliphatic heterocycles. The number of carbonyl (C=O) groups is 1. The van der Waals surface area contributed by atoms with Crippen LogP contribution in [0.1, 0.15) is 29.0 Å². The van der Waals surface area contributed by atoms with Crippen molar-refractivity contribution in [2.45, 2.75) is 19.3 Å². The zero-order chi connectivity index (χ0) is 20.5. The second kappa shape index (κ2) is 10.4. The number of ether oxygens (including phenoxy) is 2. The van der Waals surface area contributed by atoms with Gasteiger partial charge in [-0.05, 0) is 35.7 Å². The normalized spacial score (nSPS) is 10.7. The van der Waals surface area contributed by atoms with E-state index in [9.17, 15) is 4.79 Å². The Bertz CT molecular complexity index is 870. The summed E-state index contributed by atoms with van der Waals surface area (Å²) in [6.07, 6.45) is 0.347. The lowest BCUT2D eigenvalue weighted by Gasteiger charge is -2.19. The summed E-state index contributed by atoms with van der Waals surface area (Å²) in [4.78, 5) is 12.9. The van der Waals surface area contributed by atoms with Crippen LogP contribution in [0.2, 0.25) is 0 Å². The summed E-state index contributed by atoms with van der Waals surface area (Å²) < 4.78 is 10.8. The third-order valence-electron chi connectivity index (χ3n) is 4.75. The van der Waals surface area contributed by atoms with Gasteiger partial charge in [-0.25, -0.2) is 0 Å². The Hall–Kier alpha value is -3.11. The topological polar surface area (TPSA) is 47.6 Å². The second-order valence-electron chi connectivity index (χ2n) is 6.97. The Morgan fingerprint density at radius 3 is 2.10 bits per heavy atom. The summed E-state index contributed by atoms with van der Waals surface area (Å²) in [6.45, 7) is 2.92.